The molecule has 0 saturated carbocycles. The predicted molar refractivity (Wildman–Crippen MR) is 131 cm³/mol. The molecule has 3 heterocycles. The van der Waals surface area contributed by atoms with Crippen LogP contribution in [0, 0.1) is 18.7 Å². The van der Waals surface area contributed by atoms with Gasteiger partial charge in [-0.25, -0.2) is 14.4 Å². The highest BCUT2D eigenvalue weighted by molar-refractivity contribution is 7.26. The summed E-state index contributed by atoms with van der Waals surface area (Å²) in [5.41, 5.74) is 4.07. The van der Waals surface area contributed by atoms with Crippen molar-refractivity contribution < 1.29 is 9.18 Å². The molecule has 2 aromatic heterocycles. The number of rotatable bonds is 6. The Labute approximate surface area is 196 Å². The molecule has 9 heteroatoms. The molecule has 1 fully saturated rings. The largest absolute Gasteiger partial charge is 0.353 e. The van der Waals surface area contributed by atoms with Crippen LogP contribution < -0.4 is 10.3 Å². The smallest absolute Gasteiger partial charge is 0.244 e. The van der Waals surface area contributed by atoms with Crippen LogP contribution in [-0.2, 0) is 17.8 Å². The molecule has 0 N–H and O–H groups in total. The number of carbonyl (C=O) groups excluding carboxylic acids is 1. The topological polar surface area (TPSA) is 67.2 Å². The second kappa shape index (κ2) is 9.96. The summed E-state index contributed by atoms with van der Waals surface area (Å²) in [7, 11) is 2.59. The molecular formula is C24H30FN6OP. The highest BCUT2D eigenvalue weighted by atomic mass is 31.0. The molecule has 1 atom stereocenters. The Morgan fingerprint density at radius 2 is 1.88 bits per heavy atom. The number of anilines is 1. The van der Waals surface area contributed by atoms with Gasteiger partial charge in [0.1, 0.15) is 24.5 Å². The average Bonchev–Trinajstić information content (AvgIpc) is 3.17. The fraction of sp³-hybridized carbons (Fsp3) is 0.417. The summed E-state index contributed by atoms with van der Waals surface area (Å²) in [5.74, 6) is 1.13. The van der Waals surface area contributed by atoms with E-state index in [1.165, 1.54) is 6.07 Å². The van der Waals surface area contributed by atoms with Gasteiger partial charge in [-0.3, -0.25) is 9.48 Å². The van der Waals surface area contributed by atoms with Gasteiger partial charge in [0.15, 0.2) is 0 Å². The first-order chi connectivity index (χ1) is 15.8. The molecule has 7 nitrogen and oxygen atoms in total. The van der Waals surface area contributed by atoms with Gasteiger partial charge < -0.3 is 9.80 Å². The van der Waals surface area contributed by atoms with E-state index in [1.807, 2.05) is 21.7 Å². The number of piperazine rings is 1. The molecule has 0 radical (unpaired) electrons. The number of hydrogen-bond acceptors (Lipinski definition) is 5. The average molecular weight is 469 g/mol. The normalized spacial score (nSPS) is 14.2. The monoisotopic (exact) mass is 468 g/mol. The number of hydrogen-bond donors (Lipinski definition) is 0. The first kappa shape index (κ1) is 23.3. The molecule has 0 bridgehead atoms. The van der Waals surface area contributed by atoms with Gasteiger partial charge in [-0.05, 0) is 49.1 Å². The molecule has 1 aliphatic heterocycles. The van der Waals surface area contributed by atoms with E-state index in [-0.39, 0.29) is 18.3 Å². The van der Waals surface area contributed by atoms with Crippen molar-refractivity contribution in [1.29, 1.82) is 0 Å². The van der Waals surface area contributed by atoms with Crippen LogP contribution in [-0.4, -0.2) is 56.7 Å². The van der Waals surface area contributed by atoms with Crippen molar-refractivity contribution >= 4 is 26.4 Å². The zero-order valence-corrected chi connectivity index (χ0v) is 20.5. The lowest BCUT2D eigenvalue weighted by Crippen LogP contribution is -2.50. The molecule has 1 aliphatic rings. The van der Waals surface area contributed by atoms with Crippen molar-refractivity contribution in [3.8, 4) is 11.3 Å². The highest BCUT2D eigenvalue weighted by Crippen LogP contribution is 2.23. The van der Waals surface area contributed by atoms with Gasteiger partial charge in [0, 0.05) is 43.5 Å². The number of aryl methyl sites for hydroxylation is 1. The van der Waals surface area contributed by atoms with Crippen molar-refractivity contribution in [3.05, 3.63) is 53.7 Å². The molecule has 1 saturated heterocycles. The van der Waals surface area contributed by atoms with E-state index in [4.69, 9.17) is 5.10 Å². The van der Waals surface area contributed by atoms with E-state index >= 15 is 0 Å². The zero-order chi connectivity index (χ0) is 23.5. The van der Waals surface area contributed by atoms with Crippen LogP contribution in [0.15, 0.2) is 36.7 Å². The van der Waals surface area contributed by atoms with Gasteiger partial charge in [0.25, 0.3) is 0 Å². The van der Waals surface area contributed by atoms with Crippen LogP contribution in [0.2, 0.25) is 0 Å². The van der Waals surface area contributed by atoms with Crippen LogP contribution >= 0.6 is 9.24 Å². The van der Waals surface area contributed by atoms with E-state index in [9.17, 15) is 9.18 Å². The molecule has 1 aromatic carbocycles. The lowest BCUT2D eigenvalue weighted by atomic mass is 10.1. The molecule has 33 heavy (non-hydrogen) atoms. The second-order valence-corrected chi connectivity index (χ2v) is 9.50. The first-order valence-corrected chi connectivity index (χ1v) is 11.8. The fourth-order valence-corrected chi connectivity index (χ4v) is 4.28. The number of carbonyl (C=O) groups is 1. The minimum Gasteiger partial charge on any atom is -0.353 e. The van der Waals surface area contributed by atoms with Crippen molar-refractivity contribution in [3.63, 3.8) is 0 Å². The van der Waals surface area contributed by atoms with Gasteiger partial charge in [-0.15, -0.1) is 0 Å². The van der Waals surface area contributed by atoms with Crippen molar-refractivity contribution in [2.75, 3.05) is 31.1 Å². The van der Waals surface area contributed by atoms with Crippen molar-refractivity contribution in [2.45, 2.75) is 33.7 Å². The highest BCUT2D eigenvalue weighted by Gasteiger charge is 2.23. The van der Waals surface area contributed by atoms with E-state index in [0.717, 1.165) is 47.7 Å². The maximum atomic E-state index is 13.7. The minimum absolute atomic E-state index is 0.0546. The second-order valence-electron chi connectivity index (χ2n) is 8.91. The number of nitrogens with zero attached hydrogens (tertiary/aromatic N) is 6. The Hall–Kier alpha value is -2.86. The predicted octanol–water partition coefficient (Wildman–Crippen LogP) is 2.84. The zero-order valence-electron chi connectivity index (χ0n) is 19.3. The van der Waals surface area contributed by atoms with Crippen LogP contribution in [0.3, 0.4) is 0 Å². The van der Waals surface area contributed by atoms with E-state index in [2.05, 4.69) is 38.0 Å². The third-order valence-electron chi connectivity index (χ3n) is 5.85. The van der Waals surface area contributed by atoms with Crippen LogP contribution in [0.4, 0.5) is 10.2 Å². The molecule has 3 aromatic rings. The molecule has 0 spiro atoms. The van der Waals surface area contributed by atoms with Gasteiger partial charge in [0.2, 0.25) is 5.91 Å². The van der Waals surface area contributed by atoms with Gasteiger partial charge in [-0.2, -0.15) is 5.10 Å². The van der Waals surface area contributed by atoms with E-state index in [1.54, 1.807) is 25.4 Å². The number of halogens is 1. The molecule has 174 valence electrons. The summed E-state index contributed by atoms with van der Waals surface area (Å²) < 4.78 is 15.5. The summed E-state index contributed by atoms with van der Waals surface area (Å²) in [4.78, 5) is 25.6. The van der Waals surface area contributed by atoms with Crippen LogP contribution in [0.5, 0.6) is 0 Å². The summed E-state index contributed by atoms with van der Waals surface area (Å²) >= 11 is 0. The maximum Gasteiger partial charge on any atom is 0.244 e. The number of amides is 1. The summed E-state index contributed by atoms with van der Waals surface area (Å²) in [5, 5.41) is 4.73. The third-order valence-corrected chi connectivity index (χ3v) is 6.17. The third kappa shape index (κ3) is 5.56. The van der Waals surface area contributed by atoms with Crippen molar-refractivity contribution in [1.82, 2.24) is 24.6 Å². The Bertz CT molecular complexity index is 1140. The number of aromatic nitrogens is 4. The Kier molecular flexibility index (Phi) is 7.03. The lowest BCUT2D eigenvalue weighted by Gasteiger charge is -2.35. The molecule has 0 aliphatic carbocycles. The molecule has 1 amide bonds. The fourth-order valence-electron chi connectivity index (χ4n) is 4.07. The van der Waals surface area contributed by atoms with Gasteiger partial charge in [-0.1, -0.05) is 23.1 Å². The lowest BCUT2D eigenvalue weighted by molar-refractivity contribution is -0.132. The van der Waals surface area contributed by atoms with E-state index in [0.29, 0.717) is 24.6 Å². The van der Waals surface area contributed by atoms with Gasteiger partial charge >= 0.3 is 0 Å². The van der Waals surface area contributed by atoms with Crippen LogP contribution in [0.1, 0.15) is 25.1 Å². The van der Waals surface area contributed by atoms with E-state index < -0.39 is 0 Å². The quantitative estimate of drug-likeness (QED) is 0.521. The standard InChI is InChI=1S/C24H30FN6OP/c1-16(2)10-19-12-21(18-4-5-20(25)17(3)11-18)28-31(19)14-24(32)30-8-6-29(7-9-30)22-13-23(33)27-15-26-22/h4-5,11-13,15-16H,6-10,14,33H2,1-3H3. The SMILES string of the molecule is Cc1cc(-c2cc(CC(C)C)n(CC(=O)N3CCN(c4cc(P)ncn4)CC3)n2)ccc1F. The van der Waals surface area contributed by atoms with Crippen molar-refractivity contribution in [2.24, 2.45) is 5.92 Å². The first-order valence-electron chi connectivity index (χ1n) is 11.2. The Balaban J connectivity index is 1.46. The molecular weight excluding hydrogens is 438 g/mol. The molecule has 4 rings (SSSR count). The van der Waals surface area contributed by atoms with Gasteiger partial charge in [0.05, 0.1) is 11.1 Å². The molecule has 1 unspecified atom stereocenters. The Morgan fingerprint density at radius 3 is 2.55 bits per heavy atom. The summed E-state index contributed by atoms with van der Waals surface area (Å²) in [6.45, 7) is 8.97. The summed E-state index contributed by atoms with van der Waals surface area (Å²) in [6.07, 6.45) is 2.38. The number of benzene rings is 1. The summed E-state index contributed by atoms with van der Waals surface area (Å²) in [6, 6.07) is 8.96. The van der Waals surface area contributed by atoms with Crippen LogP contribution in [0.25, 0.3) is 11.3 Å². The Morgan fingerprint density at radius 1 is 1.12 bits per heavy atom. The maximum absolute atomic E-state index is 13.7. The minimum atomic E-state index is -0.231.